The molecule has 2 aromatic rings. The van der Waals surface area contributed by atoms with Crippen molar-refractivity contribution in [2.24, 2.45) is 5.92 Å². The third-order valence-electron chi connectivity index (χ3n) is 4.24. The van der Waals surface area contributed by atoms with Gasteiger partial charge in [-0.1, -0.05) is 30.3 Å². The lowest BCUT2D eigenvalue weighted by molar-refractivity contribution is 0.387. The molecule has 1 atom stereocenters. The van der Waals surface area contributed by atoms with E-state index >= 15 is 0 Å². The molecule has 0 saturated carbocycles. The fourth-order valence-electron chi connectivity index (χ4n) is 3.10. The summed E-state index contributed by atoms with van der Waals surface area (Å²) >= 11 is 0. The van der Waals surface area contributed by atoms with Gasteiger partial charge in [-0.15, -0.1) is 0 Å². The first-order valence-electron chi connectivity index (χ1n) is 7.33. The van der Waals surface area contributed by atoms with Gasteiger partial charge in [0.25, 0.3) is 0 Å². The molecule has 0 spiro atoms. The van der Waals surface area contributed by atoms with E-state index in [0.29, 0.717) is 5.75 Å². The van der Waals surface area contributed by atoms with Crippen LogP contribution >= 0.6 is 0 Å². The molecule has 0 amide bonds. The molecule has 2 aromatic carbocycles. The molecule has 1 saturated heterocycles. The average molecular weight is 270 g/mol. The Morgan fingerprint density at radius 2 is 2.10 bits per heavy atom. The van der Waals surface area contributed by atoms with Gasteiger partial charge in [-0.2, -0.15) is 0 Å². The molecule has 3 heteroatoms. The van der Waals surface area contributed by atoms with Gasteiger partial charge in [0, 0.05) is 18.7 Å². The van der Waals surface area contributed by atoms with Crippen molar-refractivity contribution in [2.75, 3.05) is 26.7 Å². The highest BCUT2D eigenvalue weighted by atomic mass is 16.3. The van der Waals surface area contributed by atoms with Crippen LogP contribution in [0.3, 0.4) is 0 Å². The van der Waals surface area contributed by atoms with Crippen molar-refractivity contribution in [3.63, 3.8) is 0 Å². The lowest BCUT2D eigenvalue weighted by Gasteiger charge is -2.14. The molecule has 1 aliphatic rings. The Kier molecular flexibility index (Phi) is 3.90. The highest BCUT2D eigenvalue weighted by Gasteiger charge is 2.18. The monoisotopic (exact) mass is 270 g/mol. The Bertz CT molecular complexity index is 597. The number of phenols is 1. The number of fused-ring (bicyclic) bond motifs is 1. The number of aromatic hydroxyl groups is 1. The maximum atomic E-state index is 10.1. The van der Waals surface area contributed by atoms with Gasteiger partial charge in [0.2, 0.25) is 0 Å². The van der Waals surface area contributed by atoms with Crippen LogP contribution < -0.4 is 5.32 Å². The standard InChI is InChI=1S/C17H22N2O/c1-19-9-8-13(12-19)10-18-11-16-15-5-3-2-4-14(15)6-7-17(16)20/h2-7,13,18,20H,8-12H2,1H3. The first-order chi connectivity index (χ1) is 9.74. The van der Waals surface area contributed by atoms with Crippen LogP contribution in [0.15, 0.2) is 36.4 Å². The largest absolute Gasteiger partial charge is 0.508 e. The first kappa shape index (κ1) is 13.4. The molecule has 0 aliphatic carbocycles. The van der Waals surface area contributed by atoms with Gasteiger partial charge in [0.15, 0.2) is 0 Å². The third-order valence-corrected chi connectivity index (χ3v) is 4.24. The van der Waals surface area contributed by atoms with Crippen molar-refractivity contribution in [3.05, 3.63) is 42.0 Å². The van der Waals surface area contributed by atoms with Crippen molar-refractivity contribution >= 4 is 10.8 Å². The minimum Gasteiger partial charge on any atom is -0.508 e. The molecule has 3 nitrogen and oxygen atoms in total. The second-order valence-corrected chi connectivity index (χ2v) is 5.83. The number of nitrogens with one attached hydrogen (secondary N) is 1. The molecule has 0 aromatic heterocycles. The second-order valence-electron chi connectivity index (χ2n) is 5.83. The number of hydrogen-bond acceptors (Lipinski definition) is 3. The van der Waals surface area contributed by atoms with Crippen LogP contribution in [0.25, 0.3) is 10.8 Å². The summed E-state index contributed by atoms with van der Waals surface area (Å²) in [5.74, 6) is 1.12. The third kappa shape index (κ3) is 2.79. The van der Waals surface area contributed by atoms with Gasteiger partial charge in [0.05, 0.1) is 0 Å². The van der Waals surface area contributed by atoms with E-state index in [0.717, 1.165) is 30.0 Å². The van der Waals surface area contributed by atoms with Crippen molar-refractivity contribution in [3.8, 4) is 5.75 Å². The molecule has 0 bridgehead atoms. The number of hydrogen-bond donors (Lipinski definition) is 2. The van der Waals surface area contributed by atoms with Crippen LogP contribution in [0, 0.1) is 5.92 Å². The summed E-state index contributed by atoms with van der Waals surface area (Å²) in [7, 11) is 2.18. The van der Waals surface area contributed by atoms with Gasteiger partial charge in [-0.3, -0.25) is 0 Å². The summed E-state index contributed by atoms with van der Waals surface area (Å²) in [4.78, 5) is 2.38. The van der Waals surface area contributed by atoms with Gasteiger partial charge >= 0.3 is 0 Å². The molecule has 1 fully saturated rings. The van der Waals surface area contributed by atoms with Gasteiger partial charge in [-0.05, 0) is 49.3 Å². The fourth-order valence-corrected chi connectivity index (χ4v) is 3.10. The maximum absolute atomic E-state index is 10.1. The minimum atomic E-state index is 0.389. The molecular weight excluding hydrogens is 248 g/mol. The van der Waals surface area contributed by atoms with E-state index in [-0.39, 0.29) is 0 Å². The van der Waals surface area contributed by atoms with Crippen LogP contribution in [-0.2, 0) is 6.54 Å². The number of likely N-dealkylation sites (tertiary alicyclic amines) is 1. The molecule has 20 heavy (non-hydrogen) atoms. The van der Waals surface area contributed by atoms with Crippen molar-refractivity contribution in [2.45, 2.75) is 13.0 Å². The lowest BCUT2D eigenvalue weighted by Crippen LogP contribution is -2.24. The second kappa shape index (κ2) is 5.81. The van der Waals surface area contributed by atoms with E-state index in [1.807, 2.05) is 18.2 Å². The average Bonchev–Trinajstić information content (AvgIpc) is 2.87. The van der Waals surface area contributed by atoms with E-state index in [1.165, 1.54) is 24.9 Å². The Hall–Kier alpha value is -1.58. The summed E-state index contributed by atoms with van der Waals surface area (Å²) in [5.41, 5.74) is 1.01. The highest BCUT2D eigenvalue weighted by molar-refractivity contribution is 5.87. The van der Waals surface area contributed by atoms with E-state index < -0.39 is 0 Å². The predicted octanol–water partition coefficient (Wildman–Crippen LogP) is 2.59. The van der Waals surface area contributed by atoms with Gasteiger partial charge in [0.1, 0.15) is 5.75 Å². The Balaban J connectivity index is 1.69. The van der Waals surface area contributed by atoms with Crippen LogP contribution in [0.5, 0.6) is 5.75 Å². The summed E-state index contributed by atoms with van der Waals surface area (Å²) < 4.78 is 0. The van der Waals surface area contributed by atoms with Gasteiger partial charge < -0.3 is 15.3 Å². The Morgan fingerprint density at radius 3 is 2.90 bits per heavy atom. The first-order valence-corrected chi connectivity index (χ1v) is 7.33. The van der Waals surface area contributed by atoms with Crippen LogP contribution in [0.2, 0.25) is 0 Å². The zero-order chi connectivity index (χ0) is 13.9. The van der Waals surface area contributed by atoms with Crippen molar-refractivity contribution in [1.82, 2.24) is 10.2 Å². The summed E-state index contributed by atoms with van der Waals surface area (Å²) in [5, 5.41) is 15.9. The van der Waals surface area contributed by atoms with Crippen molar-refractivity contribution in [1.29, 1.82) is 0 Å². The van der Waals surface area contributed by atoms with Gasteiger partial charge in [-0.25, -0.2) is 0 Å². The molecule has 2 N–H and O–H groups in total. The molecular formula is C17H22N2O. The minimum absolute atomic E-state index is 0.389. The lowest BCUT2D eigenvalue weighted by atomic mass is 10.0. The molecule has 1 heterocycles. The Morgan fingerprint density at radius 1 is 1.25 bits per heavy atom. The molecule has 1 unspecified atom stereocenters. The van der Waals surface area contributed by atoms with E-state index in [2.05, 4.69) is 29.4 Å². The number of phenolic OH excluding ortho intramolecular Hbond substituents is 1. The van der Waals surface area contributed by atoms with E-state index in [4.69, 9.17) is 0 Å². The summed E-state index contributed by atoms with van der Waals surface area (Å²) in [6, 6.07) is 12.0. The zero-order valence-electron chi connectivity index (χ0n) is 12.0. The molecule has 0 radical (unpaired) electrons. The maximum Gasteiger partial charge on any atom is 0.120 e. The SMILES string of the molecule is CN1CCC(CNCc2c(O)ccc3ccccc23)C1. The smallest absolute Gasteiger partial charge is 0.120 e. The highest BCUT2D eigenvalue weighted by Crippen LogP contribution is 2.27. The fraction of sp³-hybridized carbons (Fsp3) is 0.412. The summed E-state index contributed by atoms with van der Waals surface area (Å²) in [6.45, 7) is 4.13. The Labute approximate surface area is 120 Å². The van der Waals surface area contributed by atoms with Crippen LogP contribution in [0.1, 0.15) is 12.0 Å². The normalized spacial score (nSPS) is 19.8. The quantitative estimate of drug-likeness (QED) is 0.896. The number of benzene rings is 2. The van der Waals surface area contributed by atoms with Crippen LogP contribution in [-0.4, -0.2) is 36.7 Å². The van der Waals surface area contributed by atoms with E-state index in [1.54, 1.807) is 6.07 Å². The molecule has 3 rings (SSSR count). The zero-order valence-corrected chi connectivity index (χ0v) is 12.0. The molecule has 1 aliphatic heterocycles. The summed E-state index contributed by atoms with van der Waals surface area (Å²) in [6.07, 6.45) is 1.27. The van der Waals surface area contributed by atoms with E-state index in [9.17, 15) is 5.11 Å². The topological polar surface area (TPSA) is 35.5 Å². The van der Waals surface area contributed by atoms with Crippen LogP contribution in [0.4, 0.5) is 0 Å². The predicted molar refractivity (Wildman–Crippen MR) is 82.9 cm³/mol. The van der Waals surface area contributed by atoms with Crippen molar-refractivity contribution < 1.29 is 5.11 Å². The molecule has 106 valence electrons. The number of nitrogens with zero attached hydrogens (tertiary/aromatic N) is 1. The number of rotatable bonds is 4.